The maximum Gasteiger partial charge on any atom is 0.0764 e. The smallest absolute Gasteiger partial charge is 0.0764 e. The van der Waals surface area contributed by atoms with Gasteiger partial charge in [-0.15, -0.1) is 0 Å². The van der Waals surface area contributed by atoms with Gasteiger partial charge in [-0.2, -0.15) is 5.10 Å². The second kappa shape index (κ2) is 5.53. The minimum absolute atomic E-state index is 0.472. The molecular weight excluding hydrogens is 238 g/mol. The maximum absolute atomic E-state index is 5.49. The lowest BCUT2D eigenvalue weighted by Gasteiger charge is -2.20. The third kappa shape index (κ3) is 2.78. The highest BCUT2D eigenvalue weighted by Crippen LogP contribution is 2.43. The van der Waals surface area contributed by atoms with Crippen LogP contribution in [-0.2, 0) is 11.3 Å². The van der Waals surface area contributed by atoms with Gasteiger partial charge in [0, 0.05) is 31.0 Å². The molecule has 0 aromatic carbocycles. The van der Waals surface area contributed by atoms with Crippen LogP contribution in [0.4, 0.5) is 5.69 Å². The van der Waals surface area contributed by atoms with Gasteiger partial charge in [0.2, 0.25) is 0 Å². The summed E-state index contributed by atoms with van der Waals surface area (Å²) < 4.78 is 7.70. The Hall–Kier alpha value is -1.03. The van der Waals surface area contributed by atoms with Crippen LogP contribution in [-0.4, -0.2) is 29.0 Å². The second-order valence-corrected chi connectivity index (χ2v) is 6.00. The Morgan fingerprint density at radius 3 is 2.95 bits per heavy atom. The van der Waals surface area contributed by atoms with E-state index in [0.29, 0.717) is 12.0 Å². The Balaban J connectivity index is 1.72. The Morgan fingerprint density at radius 2 is 2.32 bits per heavy atom. The molecule has 1 N–H and O–H groups in total. The summed E-state index contributed by atoms with van der Waals surface area (Å²) in [7, 11) is 0. The lowest BCUT2D eigenvalue weighted by molar-refractivity contribution is 0.183. The van der Waals surface area contributed by atoms with E-state index in [4.69, 9.17) is 4.74 Å². The van der Waals surface area contributed by atoms with E-state index in [1.54, 1.807) is 0 Å². The molecule has 0 spiro atoms. The van der Waals surface area contributed by atoms with Gasteiger partial charge >= 0.3 is 0 Å². The van der Waals surface area contributed by atoms with Gasteiger partial charge in [0.15, 0.2) is 0 Å². The van der Waals surface area contributed by atoms with Gasteiger partial charge in [-0.3, -0.25) is 4.68 Å². The predicted octanol–water partition coefficient (Wildman–Crippen LogP) is 3.01. The van der Waals surface area contributed by atoms with Crippen molar-refractivity contribution in [1.82, 2.24) is 9.78 Å². The van der Waals surface area contributed by atoms with Crippen LogP contribution in [0.5, 0.6) is 0 Å². The van der Waals surface area contributed by atoms with E-state index in [9.17, 15) is 0 Å². The topological polar surface area (TPSA) is 39.1 Å². The average molecular weight is 263 g/mol. The van der Waals surface area contributed by atoms with Gasteiger partial charge in [0.25, 0.3) is 0 Å². The summed E-state index contributed by atoms with van der Waals surface area (Å²) in [5, 5.41) is 8.26. The molecule has 3 rings (SSSR count). The van der Waals surface area contributed by atoms with Crippen molar-refractivity contribution in [2.45, 2.75) is 58.0 Å². The van der Waals surface area contributed by atoms with Crippen molar-refractivity contribution >= 4 is 5.69 Å². The lowest BCUT2D eigenvalue weighted by Crippen LogP contribution is -2.26. The SMILES string of the molecule is CCCn1ncc(NC(C)C2CCOC2)c1C1CC1. The maximum atomic E-state index is 5.49. The molecule has 1 aliphatic heterocycles. The molecule has 1 aliphatic carbocycles. The molecule has 2 heterocycles. The summed E-state index contributed by atoms with van der Waals surface area (Å²) >= 11 is 0. The third-order valence-electron chi connectivity index (χ3n) is 4.33. The number of aromatic nitrogens is 2. The van der Waals surface area contributed by atoms with Gasteiger partial charge in [-0.05, 0) is 32.6 Å². The molecule has 2 fully saturated rings. The van der Waals surface area contributed by atoms with Gasteiger partial charge in [-0.1, -0.05) is 6.92 Å². The lowest BCUT2D eigenvalue weighted by atomic mass is 10.0. The predicted molar refractivity (Wildman–Crippen MR) is 76.5 cm³/mol. The molecule has 2 unspecified atom stereocenters. The van der Waals surface area contributed by atoms with Gasteiger partial charge in [0.05, 0.1) is 24.2 Å². The molecule has 0 radical (unpaired) electrons. The van der Waals surface area contributed by atoms with E-state index in [2.05, 4.69) is 28.9 Å². The largest absolute Gasteiger partial charge is 0.381 e. The van der Waals surface area contributed by atoms with Crippen molar-refractivity contribution in [2.75, 3.05) is 18.5 Å². The monoisotopic (exact) mass is 263 g/mol. The minimum Gasteiger partial charge on any atom is -0.381 e. The molecule has 2 atom stereocenters. The molecule has 1 aromatic heterocycles. The van der Waals surface area contributed by atoms with Crippen molar-refractivity contribution in [3.63, 3.8) is 0 Å². The van der Waals surface area contributed by atoms with Crippen LogP contribution in [0.2, 0.25) is 0 Å². The first-order valence-electron chi connectivity index (χ1n) is 7.69. The van der Waals surface area contributed by atoms with Crippen molar-refractivity contribution in [3.8, 4) is 0 Å². The van der Waals surface area contributed by atoms with Crippen LogP contribution in [0, 0.1) is 5.92 Å². The number of nitrogens with one attached hydrogen (secondary N) is 1. The Morgan fingerprint density at radius 1 is 1.47 bits per heavy atom. The highest BCUT2D eigenvalue weighted by Gasteiger charge is 2.31. The fourth-order valence-electron chi connectivity index (χ4n) is 2.99. The Bertz CT molecular complexity index is 419. The summed E-state index contributed by atoms with van der Waals surface area (Å²) in [6.07, 6.45) is 6.99. The zero-order valence-electron chi connectivity index (χ0n) is 12.1. The zero-order valence-corrected chi connectivity index (χ0v) is 12.1. The number of aryl methyl sites for hydroxylation is 1. The number of rotatable bonds is 6. The first-order valence-corrected chi connectivity index (χ1v) is 7.69. The number of ether oxygens (including phenoxy) is 1. The van der Waals surface area contributed by atoms with Crippen LogP contribution in [0.3, 0.4) is 0 Å². The van der Waals surface area contributed by atoms with E-state index in [0.717, 1.165) is 32.1 Å². The number of nitrogens with zero attached hydrogens (tertiary/aromatic N) is 2. The second-order valence-electron chi connectivity index (χ2n) is 6.00. The highest BCUT2D eigenvalue weighted by atomic mass is 16.5. The van der Waals surface area contributed by atoms with Gasteiger partial charge in [0.1, 0.15) is 0 Å². The number of anilines is 1. The fourth-order valence-corrected chi connectivity index (χ4v) is 2.99. The van der Waals surface area contributed by atoms with Crippen molar-refractivity contribution < 1.29 is 4.74 Å². The van der Waals surface area contributed by atoms with E-state index in [1.165, 1.54) is 30.6 Å². The van der Waals surface area contributed by atoms with Crippen molar-refractivity contribution in [1.29, 1.82) is 0 Å². The standard InChI is InChI=1S/C15H25N3O/c1-3-7-18-15(12-4-5-12)14(9-16-18)17-11(2)13-6-8-19-10-13/h9,11-13,17H,3-8,10H2,1-2H3. The molecule has 19 heavy (non-hydrogen) atoms. The normalized spacial score (nSPS) is 24.6. The summed E-state index contributed by atoms with van der Waals surface area (Å²) in [6.45, 7) is 7.34. The van der Waals surface area contributed by atoms with E-state index >= 15 is 0 Å². The highest BCUT2D eigenvalue weighted by molar-refractivity contribution is 5.50. The zero-order chi connectivity index (χ0) is 13.2. The number of hydrogen-bond donors (Lipinski definition) is 1. The molecule has 106 valence electrons. The summed E-state index contributed by atoms with van der Waals surface area (Å²) in [6, 6.07) is 0.472. The van der Waals surface area contributed by atoms with Crippen LogP contribution < -0.4 is 5.32 Å². The Kier molecular flexibility index (Phi) is 3.78. The van der Waals surface area contributed by atoms with Crippen molar-refractivity contribution in [3.05, 3.63) is 11.9 Å². The summed E-state index contributed by atoms with van der Waals surface area (Å²) in [5.74, 6) is 1.38. The third-order valence-corrected chi connectivity index (χ3v) is 4.33. The molecule has 2 aliphatic rings. The summed E-state index contributed by atoms with van der Waals surface area (Å²) in [4.78, 5) is 0. The molecule has 0 bridgehead atoms. The Labute approximate surface area is 115 Å². The number of hydrogen-bond acceptors (Lipinski definition) is 3. The molecular formula is C15H25N3O. The van der Waals surface area contributed by atoms with Crippen LogP contribution in [0.25, 0.3) is 0 Å². The molecule has 1 saturated carbocycles. The van der Waals surface area contributed by atoms with Crippen LogP contribution in [0.15, 0.2) is 6.20 Å². The molecule has 1 saturated heterocycles. The van der Waals surface area contributed by atoms with E-state index in [-0.39, 0.29) is 0 Å². The first kappa shape index (κ1) is 13.0. The van der Waals surface area contributed by atoms with E-state index in [1.807, 2.05) is 6.20 Å². The van der Waals surface area contributed by atoms with E-state index < -0.39 is 0 Å². The van der Waals surface area contributed by atoms with Crippen molar-refractivity contribution in [2.24, 2.45) is 5.92 Å². The molecule has 4 nitrogen and oxygen atoms in total. The first-order chi connectivity index (χ1) is 9.29. The minimum atomic E-state index is 0.472. The van der Waals surface area contributed by atoms with Gasteiger partial charge in [-0.25, -0.2) is 0 Å². The molecule has 1 aromatic rings. The molecule has 0 amide bonds. The average Bonchev–Trinajstić information content (AvgIpc) is 2.93. The fraction of sp³-hybridized carbons (Fsp3) is 0.800. The van der Waals surface area contributed by atoms with Crippen LogP contribution in [0.1, 0.15) is 51.1 Å². The summed E-state index contributed by atoms with van der Waals surface area (Å²) in [5.41, 5.74) is 2.70. The van der Waals surface area contributed by atoms with Crippen LogP contribution >= 0.6 is 0 Å². The van der Waals surface area contributed by atoms with Gasteiger partial charge < -0.3 is 10.1 Å². The quantitative estimate of drug-likeness (QED) is 0.857. The molecule has 4 heteroatoms.